The molecule has 3 rings (SSSR count). The fraction of sp³-hybridized carbons (Fsp3) is 0.200. The molecule has 1 heterocycles. The number of ether oxygens (including phenoxy) is 2. The number of rotatable bonds is 6. The second-order valence-corrected chi connectivity index (χ2v) is 6.72. The molecule has 5 nitrogen and oxygen atoms in total. The summed E-state index contributed by atoms with van der Waals surface area (Å²) in [5.41, 5.74) is 1.61. The lowest BCUT2D eigenvalue weighted by molar-refractivity contribution is 0.0779. The quantitative estimate of drug-likeness (QED) is 0.636. The van der Waals surface area contributed by atoms with E-state index in [1.807, 2.05) is 12.1 Å². The molecule has 0 radical (unpaired) electrons. The smallest absolute Gasteiger partial charge is 0.273 e. The van der Waals surface area contributed by atoms with Crippen LogP contribution in [0.4, 0.5) is 4.39 Å². The van der Waals surface area contributed by atoms with Crippen LogP contribution in [0, 0.1) is 5.82 Å². The van der Waals surface area contributed by atoms with E-state index in [1.165, 1.54) is 22.3 Å². The molecule has 0 saturated heterocycles. The van der Waals surface area contributed by atoms with Gasteiger partial charge in [-0.3, -0.25) is 4.79 Å². The maximum atomic E-state index is 13.8. The number of thiazole rings is 1. The Bertz CT molecular complexity index is 958. The summed E-state index contributed by atoms with van der Waals surface area (Å²) in [6.07, 6.45) is 0. The van der Waals surface area contributed by atoms with Crippen LogP contribution >= 0.6 is 11.3 Å². The first-order valence-corrected chi connectivity index (χ1v) is 9.08. The van der Waals surface area contributed by atoms with Gasteiger partial charge in [-0.1, -0.05) is 18.2 Å². The van der Waals surface area contributed by atoms with Gasteiger partial charge in [0.1, 0.15) is 16.5 Å². The van der Waals surface area contributed by atoms with E-state index in [0.29, 0.717) is 27.8 Å². The predicted octanol–water partition coefficient (Wildman–Crippen LogP) is 4.24. The molecule has 0 unspecified atom stereocenters. The number of nitrogens with zero attached hydrogens (tertiary/aromatic N) is 2. The van der Waals surface area contributed by atoms with Crippen molar-refractivity contribution in [3.05, 3.63) is 64.9 Å². The monoisotopic (exact) mass is 386 g/mol. The molecule has 3 aromatic rings. The van der Waals surface area contributed by atoms with Gasteiger partial charge in [0.2, 0.25) is 0 Å². The number of carbonyl (C=O) groups is 1. The van der Waals surface area contributed by atoms with E-state index in [-0.39, 0.29) is 18.3 Å². The molecule has 140 valence electrons. The lowest BCUT2D eigenvalue weighted by Gasteiger charge is -2.16. The molecular formula is C20H19FN2O3S. The first-order valence-electron chi connectivity index (χ1n) is 8.20. The molecule has 27 heavy (non-hydrogen) atoms. The standard InChI is InChI=1S/C20H19FN2O3S/c1-23(11-14-6-4-5-7-15(14)21)20(24)16-12-27-19(22-16)13-8-9-17(25-2)18(10-13)26-3/h4-10,12H,11H2,1-3H3. The second kappa shape index (κ2) is 8.18. The summed E-state index contributed by atoms with van der Waals surface area (Å²) in [4.78, 5) is 18.5. The normalized spacial score (nSPS) is 10.5. The highest BCUT2D eigenvalue weighted by Gasteiger charge is 2.18. The first kappa shape index (κ1) is 18.8. The Hall–Kier alpha value is -2.93. The average molecular weight is 386 g/mol. The van der Waals surface area contributed by atoms with Crippen molar-refractivity contribution >= 4 is 17.2 Å². The molecule has 0 aliphatic carbocycles. The molecule has 0 bridgehead atoms. The fourth-order valence-electron chi connectivity index (χ4n) is 2.62. The Morgan fingerprint density at radius 1 is 1.15 bits per heavy atom. The molecule has 0 N–H and O–H groups in total. The molecule has 0 spiro atoms. The molecular weight excluding hydrogens is 367 g/mol. The van der Waals surface area contributed by atoms with Gasteiger partial charge in [-0.05, 0) is 24.3 Å². The highest BCUT2D eigenvalue weighted by molar-refractivity contribution is 7.13. The van der Waals surface area contributed by atoms with Crippen LogP contribution in [0.2, 0.25) is 0 Å². The summed E-state index contributed by atoms with van der Waals surface area (Å²) >= 11 is 1.36. The van der Waals surface area contributed by atoms with E-state index in [2.05, 4.69) is 4.98 Å². The molecule has 0 aliphatic rings. The molecule has 1 amide bonds. The molecule has 0 atom stereocenters. The first-order chi connectivity index (χ1) is 13.0. The second-order valence-electron chi connectivity index (χ2n) is 5.86. The van der Waals surface area contributed by atoms with Gasteiger partial charge in [-0.25, -0.2) is 9.37 Å². The van der Waals surface area contributed by atoms with Gasteiger partial charge in [-0.2, -0.15) is 0 Å². The maximum Gasteiger partial charge on any atom is 0.273 e. The van der Waals surface area contributed by atoms with Crippen LogP contribution in [0.15, 0.2) is 47.8 Å². The van der Waals surface area contributed by atoms with Gasteiger partial charge >= 0.3 is 0 Å². The number of carbonyl (C=O) groups excluding carboxylic acids is 1. The number of methoxy groups -OCH3 is 2. The van der Waals surface area contributed by atoms with E-state index < -0.39 is 0 Å². The van der Waals surface area contributed by atoms with Gasteiger partial charge in [0.05, 0.1) is 14.2 Å². The Balaban J connectivity index is 1.79. The number of hydrogen-bond donors (Lipinski definition) is 0. The number of amides is 1. The molecule has 0 saturated carbocycles. The summed E-state index contributed by atoms with van der Waals surface area (Å²) in [7, 11) is 4.77. The van der Waals surface area contributed by atoms with Crippen LogP contribution in [-0.2, 0) is 6.54 Å². The highest BCUT2D eigenvalue weighted by atomic mass is 32.1. The van der Waals surface area contributed by atoms with Crippen LogP contribution in [0.5, 0.6) is 11.5 Å². The summed E-state index contributed by atoms with van der Waals surface area (Å²) in [6, 6.07) is 11.9. The van der Waals surface area contributed by atoms with Gasteiger partial charge < -0.3 is 14.4 Å². The zero-order chi connectivity index (χ0) is 19.4. The third-order valence-corrected chi connectivity index (χ3v) is 4.96. The summed E-state index contributed by atoms with van der Waals surface area (Å²) < 4.78 is 24.3. The van der Waals surface area contributed by atoms with Crippen molar-refractivity contribution in [3.63, 3.8) is 0 Å². The van der Waals surface area contributed by atoms with Crippen molar-refractivity contribution in [2.24, 2.45) is 0 Å². The van der Waals surface area contributed by atoms with Crippen molar-refractivity contribution in [1.82, 2.24) is 9.88 Å². The van der Waals surface area contributed by atoms with Gasteiger partial charge in [0, 0.05) is 30.1 Å². The molecule has 0 aliphatic heterocycles. The lowest BCUT2D eigenvalue weighted by Crippen LogP contribution is -2.26. The topological polar surface area (TPSA) is 51.7 Å². The van der Waals surface area contributed by atoms with Crippen molar-refractivity contribution in [1.29, 1.82) is 0 Å². The van der Waals surface area contributed by atoms with E-state index in [4.69, 9.17) is 9.47 Å². The maximum absolute atomic E-state index is 13.8. The average Bonchev–Trinajstić information content (AvgIpc) is 3.18. The molecule has 1 aromatic heterocycles. The van der Waals surface area contributed by atoms with Crippen molar-refractivity contribution in [3.8, 4) is 22.1 Å². The van der Waals surface area contributed by atoms with E-state index >= 15 is 0 Å². The number of benzene rings is 2. The third kappa shape index (κ3) is 4.09. The van der Waals surface area contributed by atoms with E-state index in [0.717, 1.165) is 5.56 Å². The Morgan fingerprint density at radius 2 is 1.89 bits per heavy atom. The van der Waals surface area contributed by atoms with Crippen LogP contribution in [-0.4, -0.2) is 37.1 Å². The zero-order valence-electron chi connectivity index (χ0n) is 15.2. The zero-order valence-corrected chi connectivity index (χ0v) is 16.0. The number of aromatic nitrogens is 1. The summed E-state index contributed by atoms with van der Waals surface area (Å²) in [6.45, 7) is 0.175. The number of hydrogen-bond acceptors (Lipinski definition) is 5. The number of halogens is 1. The molecule has 2 aromatic carbocycles. The highest BCUT2D eigenvalue weighted by Crippen LogP contribution is 2.33. The minimum absolute atomic E-state index is 0.175. The van der Waals surface area contributed by atoms with Gasteiger partial charge in [0.25, 0.3) is 5.91 Å². The Morgan fingerprint density at radius 3 is 2.59 bits per heavy atom. The summed E-state index contributed by atoms with van der Waals surface area (Å²) in [5, 5.41) is 2.39. The molecule has 7 heteroatoms. The van der Waals surface area contributed by atoms with E-state index in [1.54, 1.807) is 50.9 Å². The minimum atomic E-state index is -0.332. The van der Waals surface area contributed by atoms with Crippen molar-refractivity contribution < 1.29 is 18.7 Å². The van der Waals surface area contributed by atoms with Crippen molar-refractivity contribution in [2.45, 2.75) is 6.54 Å². The van der Waals surface area contributed by atoms with Crippen LogP contribution in [0.1, 0.15) is 16.1 Å². The molecule has 0 fully saturated rings. The van der Waals surface area contributed by atoms with Crippen LogP contribution in [0.25, 0.3) is 10.6 Å². The predicted molar refractivity (Wildman–Crippen MR) is 103 cm³/mol. The minimum Gasteiger partial charge on any atom is -0.493 e. The Kier molecular flexibility index (Phi) is 5.71. The van der Waals surface area contributed by atoms with Crippen LogP contribution in [0.3, 0.4) is 0 Å². The SMILES string of the molecule is COc1ccc(-c2nc(C(=O)N(C)Cc3ccccc3F)cs2)cc1OC. The fourth-order valence-corrected chi connectivity index (χ4v) is 3.41. The Labute approximate surface area is 161 Å². The third-order valence-electron chi connectivity index (χ3n) is 4.07. The summed E-state index contributed by atoms with van der Waals surface area (Å²) in [5.74, 6) is 0.621. The van der Waals surface area contributed by atoms with Gasteiger partial charge in [0.15, 0.2) is 11.5 Å². The van der Waals surface area contributed by atoms with Crippen molar-refractivity contribution in [2.75, 3.05) is 21.3 Å². The largest absolute Gasteiger partial charge is 0.493 e. The van der Waals surface area contributed by atoms with Crippen LogP contribution < -0.4 is 9.47 Å². The van der Waals surface area contributed by atoms with E-state index in [9.17, 15) is 9.18 Å². The lowest BCUT2D eigenvalue weighted by atomic mass is 10.2. The van der Waals surface area contributed by atoms with Gasteiger partial charge in [-0.15, -0.1) is 11.3 Å².